The Labute approximate surface area is 131 Å². The fourth-order valence-electron chi connectivity index (χ4n) is 4.92. The van der Waals surface area contributed by atoms with Crippen LogP contribution in [-0.2, 0) is 4.74 Å². The highest BCUT2D eigenvalue weighted by molar-refractivity contribution is 4.91. The molecular formula is C19H35NO. The lowest BCUT2D eigenvalue weighted by Crippen LogP contribution is -2.37. The molecule has 3 fully saturated rings. The summed E-state index contributed by atoms with van der Waals surface area (Å²) in [5, 5.41) is 3.79. The van der Waals surface area contributed by atoms with E-state index in [4.69, 9.17) is 4.74 Å². The Morgan fingerprint density at radius 1 is 0.810 bits per heavy atom. The minimum absolute atomic E-state index is 0.579. The van der Waals surface area contributed by atoms with Gasteiger partial charge in [0.15, 0.2) is 0 Å². The van der Waals surface area contributed by atoms with Crippen molar-refractivity contribution in [2.75, 3.05) is 13.2 Å². The van der Waals surface area contributed by atoms with Crippen LogP contribution >= 0.6 is 0 Å². The van der Waals surface area contributed by atoms with Gasteiger partial charge in [-0.05, 0) is 69.7 Å². The molecule has 3 aliphatic carbocycles. The van der Waals surface area contributed by atoms with Gasteiger partial charge in [-0.2, -0.15) is 0 Å². The monoisotopic (exact) mass is 293 g/mol. The Morgan fingerprint density at radius 2 is 1.52 bits per heavy atom. The molecule has 3 aliphatic rings. The van der Waals surface area contributed by atoms with Crippen molar-refractivity contribution >= 4 is 0 Å². The number of ether oxygens (including phenoxy) is 1. The van der Waals surface area contributed by atoms with E-state index in [0.29, 0.717) is 6.10 Å². The predicted octanol–water partition coefficient (Wildman–Crippen LogP) is 4.82. The van der Waals surface area contributed by atoms with E-state index in [1.165, 1.54) is 89.9 Å². The molecule has 3 saturated carbocycles. The van der Waals surface area contributed by atoms with E-state index < -0.39 is 0 Å². The summed E-state index contributed by atoms with van der Waals surface area (Å²) in [6, 6.07) is 0.797. The smallest absolute Gasteiger partial charge is 0.0575 e. The van der Waals surface area contributed by atoms with Gasteiger partial charge in [0.25, 0.3) is 0 Å². The molecule has 2 heteroatoms. The zero-order chi connectivity index (χ0) is 14.4. The van der Waals surface area contributed by atoms with Crippen LogP contribution in [0.15, 0.2) is 0 Å². The molecule has 0 aromatic heterocycles. The normalized spacial score (nSPS) is 27.4. The first kappa shape index (κ1) is 15.8. The van der Waals surface area contributed by atoms with Crippen molar-refractivity contribution in [1.29, 1.82) is 0 Å². The zero-order valence-corrected chi connectivity index (χ0v) is 13.9. The minimum atomic E-state index is 0.579. The molecule has 2 nitrogen and oxygen atoms in total. The molecule has 0 saturated heterocycles. The Kier molecular flexibility index (Phi) is 5.99. The summed E-state index contributed by atoms with van der Waals surface area (Å²) < 4.78 is 6.01. The molecule has 3 rings (SSSR count). The van der Waals surface area contributed by atoms with Crippen molar-refractivity contribution in [3.05, 3.63) is 0 Å². The van der Waals surface area contributed by atoms with Gasteiger partial charge in [-0.25, -0.2) is 0 Å². The van der Waals surface area contributed by atoms with Crippen LogP contribution in [0.25, 0.3) is 0 Å². The molecule has 0 aliphatic heterocycles. The van der Waals surface area contributed by atoms with Gasteiger partial charge in [0.05, 0.1) is 6.10 Å². The van der Waals surface area contributed by atoms with Crippen LogP contribution in [-0.4, -0.2) is 25.3 Å². The van der Waals surface area contributed by atoms with E-state index in [2.05, 4.69) is 5.32 Å². The topological polar surface area (TPSA) is 21.3 Å². The molecule has 0 amide bonds. The van der Waals surface area contributed by atoms with Crippen LogP contribution in [0.5, 0.6) is 0 Å². The molecule has 0 bridgehead atoms. The number of nitrogens with one attached hydrogen (secondary N) is 1. The molecule has 1 N–H and O–H groups in total. The maximum atomic E-state index is 6.01. The van der Waals surface area contributed by atoms with Crippen LogP contribution in [0.1, 0.15) is 89.9 Å². The second kappa shape index (κ2) is 7.97. The van der Waals surface area contributed by atoms with Gasteiger partial charge in [0.1, 0.15) is 0 Å². The summed E-state index contributed by atoms with van der Waals surface area (Å²) in [4.78, 5) is 0. The van der Waals surface area contributed by atoms with Crippen LogP contribution in [0, 0.1) is 5.41 Å². The lowest BCUT2D eigenvalue weighted by atomic mass is 9.71. The largest absolute Gasteiger partial charge is 0.378 e. The third-order valence-electron chi connectivity index (χ3n) is 6.37. The first-order valence-corrected chi connectivity index (χ1v) is 9.71. The van der Waals surface area contributed by atoms with Gasteiger partial charge in [-0.3, -0.25) is 0 Å². The fourth-order valence-corrected chi connectivity index (χ4v) is 4.92. The van der Waals surface area contributed by atoms with Crippen LogP contribution in [0.3, 0.4) is 0 Å². The number of hydrogen-bond acceptors (Lipinski definition) is 2. The maximum Gasteiger partial charge on any atom is 0.0575 e. The molecule has 0 radical (unpaired) electrons. The molecule has 0 unspecified atom stereocenters. The van der Waals surface area contributed by atoms with Crippen molar-refractivity contribution in [2.24, 2.45) is 5.41 Å². The van der Waals surface area contributed by atoms with Crippen molar-refractivity contribution < 1.29 is 4.74 Å². The highest BCUT2D eigenvalue weighted by Crippen LogP contribution is 2.48. The van der Waals surface area contributed by atoms with Gasteiger partial charge in [-0.1, -0.05) is 32.1 Å². The first-order valence-electron chi connectivity index (χ1n) is 9.71. The number of hydrogen-bond donors (Lipinski definition) is 1. The minimum Gasteiger partial charge on any atom is -0.378 e. The van der Waals surface area contributed by atoms with Crippen molar-refractivity contribution in [3.8, 4) is 0 Å². The van der Waals surface area contributed by atoms with Crippen LogP contribution in [0.2, 0.25) is 0 Å². The summed E-state index contributed by atoms with van der Waals surface area (Å²) in [6.45, 7) is 2.12. The van der Waals surface area contributed by atoms with Gasteiger partial charge >= 0.3 is 0 Å². The van der Waals surface area contributed by atoms with Gasteiger partial charge in [-0.15, -0.1) is 0 Å². The Balaban J connectivity index is 1.22. The highest BCUT2D eigenvalue weighted by atomic mass is 16.5. The average molecular weight is 293 g/mol. The number of rotatable bonds is 6. The maximum absolute atomic E-state index is 6.01. The van der Waals surface area contributed by atoms with Crippen molar-refractivity contribution in [3.63, 3.8) is 0 Å². The molecule has 1 spiro atoms. The van der Waals surface area contributed by atoms with Gasteiger partial charge in [0.2, 0.25) is 0 Å². The third-order valence-corrected chi connectivity index (χ3v) is 6.37. The molecule has 122 valence electrons. The molecule has 0 aromatic rings. The van der Waals surface area contributed by atoms with Gasteiger partial charge < -0.3 is 10.1 Å². The fraction of sp³-hybridized carbons (Fsp3) is 1.00. The summed E-state index contributed by atoms with van der Waals surface area (Å²) in [5.41, 5.74) is 0.780. The summed E-state index contributed by atoms with van der Waals surface area (Å²) in [5.74, 6) is 0. The lowest BCUT2D eigenvalue weighted by molar-refractivity contribution is 0.0267. The van der Waals surface area contributed by atoms with Crippen LogP contribution < -0.4 is 5.32 Å². The Morgan fingerprint density at radius 3 is 2.24 bits per heavy atom. The summed E-state index contributed by atoms with van der Waals surface area (Å²) in [6.07, 6.45) is 20.4. The van der Waals surface area contributed by atoms with E-state index in [0.717, 1.165) is 24.6 Å². The summed E-state index contributed by atoms with van der Waals surface area (Å²) in [7, 11) is 0. The van der Waals surface area contributed by atoms with Crippen molar-refractivity contribution in [1.82, 2.24) is 5.32 Å². The zero-order valence-electron chi connectivity index (χ0n) is 13.9. The third kappa shape index (κ3) is 4.69. The molecule has 0 heterocycles. The molecule has 0 aromatic carbocycles. The molecular weight excluding hydrogens is 258 g/mol. The standard InChI is InChI=1S/C19H35NO/c1-2-7-18(8-3-1)21-16-6-15-20-17-9-13-19(14-10-17)11-4-5-12-19/h17-18,20H,1-16H2. The summed E-state index contributed by atoms with van der Waals surface area (Å²) >= 11 is 0. The quantitative estimate of drug-likeness (QED) is 0.709. The van der Waals surface area contributed by atoms with E-state index in [1.54, 1.807) is 0 Å². The van der Waals surface area contributed by atoms with Crippen LogP contribution in [0.4, 0.5) is 0 Å². The second-order valence-corrected chi connectivity index (χ2v) is 7.92. The SMILES string of the molecule is C1CCC(OCCCNC2CCC3(CCCC3)CC2)CC1. The Hall–Kier alpha value is -0.0800. The van der Waals surface area contributed by atoms with Gasteiger partial charge in [0, 0.05) is 12.6 Å². The second-order valence-electron chi connectivity index (χ2n) is 7.92. The Bertz CT molecular complexity index is 282. The van der Waals surface area contributed by atoms with E-state index in [9.17, 15) is 0 Å². The van der Waals surface area contributed by atoms with E-state index in [1.807, 2.05) is 0 Å². The van der Waals surface area contributed by atoms with Crippen molar-refractivity contribution in [2.45, 2.75) is 102 Å². The van der Waals surface area contributed by atoms with E-state index in [-0.39, 0.29) is 0 Å². The highest BCUT2D eigenvalue weighted by Gasteiger charge is 2.37. The lowest BCUT2D eigenvalue weighted by Gasteiger charge is -2.37. The predicted molar refractivity (Wildman–Crippen MR) is 88.6 cm³/mol. The molecule has 21 heavy (non-hydrogen) atoms. The van der Waals surface area contributed by atoms with E-state index >= 15 is 0 Å². The molecule has 0 atom stereocenters. The first-order chi connectivity index (χ1) is 10.4. The average Bonchev–Trinajstić information content (AvgIpc) is 2.98.